The molecule has 3 N–H and O–H groups in total. The fourth-order valence-electron chi connectivity index (χ4n) is 5.79. The number of aliphatic hydroxyl groups is 3. The molecule has 4 rings (SSSR count). The minimum Gasteiger partial charge on any atom is -0.460 e. The lowest BCUT2D eigenvalue weighted by molar-refractivity contribution is 0.0197. The Balaban J connectivity index is 1.16. The minimum absolute atomic E-state index is 0.0108. The van der Waals surface area contributed by atoms with E-state index < -0.39 is 18.3 Å². The number of hydrogen-bond donors (Lipinski definition) is 3. The van der Waals surface area contributed by atoms with Crippen LogP contribution < -0.4 is 0 Å². The maximum Gasteiger partial charge on any atom is 0.348 e. The predicted octanol–water partition coefficient (Wildman–Crippen LogP) is 3.69. The molecule has 2 aliphatic rings. The third-order valence-corrected chi connectivity index (χ3v) is 9.16. The first-order chi connectivity index (χ1) is 18.5. The van der Waals surface area contributed by atoms with Crippen molar-refractivity contribution in [3.63, 3.8) is 0 Å². The summed E-state index contributed by atoms with van der Waals surface area (Å²) in [6, 6.07) is 14.0. The Bertz CT molecular complexity index is 963. The Morgan fingerprint density at radius 3 is 2.50 bits per heavy atom. The van der Waals surface area contributed by atoms with Crippen LogP contribution in [-0.4, -0.2) is 84.0 Å². The summed E-state index contributed by atoms with van der Waals surface area (Å²) in [4.78, 5) is 16.4. The van der Waals surface area contributed by atoms with Crippen LogP contribution >= 0.6 is 11.3 Å². The zero-order valence-electron chi connectivity index (χ0n) is 22.2. The summed E-state index contributed by atoms with van der Waals surface area (Å²) >= 11 is 1.48. The molecule has 0 spiro atoms. The Morgan fingerprint density at radius 1 is 1.00 bits per heavy atom. The van der Waals surface area contributed by atoms with E-state index in [1.54, 1.807) is 0 Å². The van der Waals surface area contributed by atoms with Gasteiger partial charge < -0.3 is 24.8 Å². The molecule has 210 valence electrons. The van der Waals surface area contributed by atoms with Crippen LogP contribution in [0.3, 0.4) is 0 Å². The first-order valence-electron chi connectivity index (χ1n) is 14.1. The number of carbonyl (C=O) groups excluding carboxylic acids is 1. The first kappa shape index (κ1) is 29.2. The van der Waals surface area contributed by atoms with Crippen LogP contribution in [0.5, 0.6) is 0 Å². The van der Waals surface area contributed by atoms with Crippen molar-refractivity contribution in [1.29, 1.82) is 0 Å². The number of rotatable bonds is 14. The molecule has 1 saturated carbocycles. The van der Waals surface area contributed by atoms with E-state index in [4.69, 9.17) is 9.47 Å². The van der Waals surface area contributed by atoms with Gasteiger partial charge in [0.1, 0.15) is 11.5 Å². The molecule has 0 unspecified atom stereocenters. The number of hydrogen-bond acceptors (Lipinski definition) is 8. The van der Waals surface area contributed by atoms with Crippen molar-refractivity contribution in [2.45, 2.75) is 69.7 Å². The molecule has 1 aromatic heterocycles. The van der Waals surface area contributed by atoms with Crippen LogP contribution in [0.1, 0.15) is 58.6 Å². The second kappa shape index (κ2) is 15.1. The number of benzene rings is 1. The van der Waals surface area contributed by atoms with Crippen molar-refractivity contribution >= 4 is 17.3 Å². The molecule has 2 fully saturated rings. The maximum absolute atomic E-state index is 12.4. The van der Waals surface area contributed by atoms with Gasteiger partial charge >= 0.3 is 5.97 Å². The summed E-state index contributed by atoms with van der Waals surface area (Å²) < 4.78 is 10.8. The molecule has 5 atom stereocenters. The smallest absolute Gasteiger partial charge is 0.348 e. The molecule has 1 aromatic carbocycles. The van der Waals surface area contributed by atoms with E-state index in [1.165, 1.54) is 16.9 Å². The molecule has 0 radical (unpaired) electrons. The van der Waals surface area contributed by atoms with Crippen molar-refractivity contribution in [2.75, 3.05) is 39.5 Å². The molecule has 0 bridgehead atoms. The molecular weight excluding hydrogens is 502 g/mol. The predicted molar refractivity (Wildman–Crippen MR) is 148 cm³/mol. The van der Waals surface area contributed by atoms with Crippen molar-refractivity contribution < 1.29 is 29.6 Å². The summed E-state index contributed by atoms with van der Waals surface area (Å²) in [5, 5.41) is 31.7. The topological polar surface area (TPSA) is 99.5 Å². The highest BCUT2D eigenvalue weighted by Gasteiger charge is 2.40. The van der Waals surface area contributed by atoms with Crippen LogP contribution in [0.25, 0.3) is 0 Å². The number of nitrogens with zero attached hydrogens (tertiary/aromatic N) is 1. The molecule has 8 heteroatoms. The molecule has 38 heavy (non-hydrogen) atoms. The van der Waals surface area contributed by atoms with E-state index >= 15 is 0 Å². The third-order valence-electron chi connectivity index (χ3n) is 8.03. The van der Waals surface area contributed by atoms with E-state index in [0.717, 1.165) is 69.8 Å². The van der Waals surface area contributed by atoms with Crippen LogP contribution in [0.4, 0.5) is 0 Å². The van der Waals surface area contributed by atoms with Crippen LogP contribution in [-0.2, 0) is 22.3 Å². The Hall–Kier alpha value is -1.81. The fraction of sp³-hybridized carbons (Fsp3) is 0.633. The number of carbonyl (C=O) groups is 1. The zero-order valence-corrected chi connectivity index (χ0v) is 23.1. The summed E-state index contributed by atoms with van der Waals surface area (Å²) in [6.45, 7) is 4.34. The second-order valence-electron chi connectivity index (χ2n) is 10.7. The van der Waals surface area contributed by atoms with E-state index in [-0.39, 0.29) is 17.8 Å². The molecule has 1 aliphatic carbocycles. The van der Waals surface area contributed by atoms with E-state index in [2.05, 4.69) is 17.0 Å². The average Bonchev–Trinajstić information content (AvgIpc) is 3.51. The minimum atomic E-state index is -0.517. The van der Waals surface area contributed by atoms with E-state index in [1.807, 2.05) is 30.3 Å². The van der Waals surface area contributed by atoms with Crippen molar-refractivity contribution in [2.24, 2.45) is 11.8 Å². The fourth-order valence-corrected chi connectivity index (χ4v) is 6.73. The van der Waals surface area contributed by atoms with Crippen LogP contribution in [0.2, 0.25) is 0 Å². The van der Waals surface area contributed by atoms with E-state index in [0.29, 0.717) is 30.7 Å². The van der Waals surface area contributed by atoms with Gasteiger partial charge in [-0.15, -0.1) is 11.3 Å². The number of ether oxygens (including phenoxy) is 2. The first-order valence-corrected chi connectivity index (χ1v) is 15.0. The Kier molecular flexibility index (Phi) is 11.6. The normalized spacial score (nSPS) is 24.9. The maximum atomic E-state index is 12.4. The highest BCUT2D eigenvalue weighted by molar-refractivity contribution is 7.13. The Morgan fingerprint density at radius 2 is 1.74 bits per heavy atom. The van der Waals surface area contributed by atoms with Gasteiger partial charge in [-0.2, -0.15) is 0 Å². The van der Waals surface area contributed by atoms with Gasteiger partial charge in [-0.25, -0.2) is 4.79 Å². The summed E-state index contributed by atoms with van der Waals surface area (Å²) in [7, 11) is 0. The van der Waals surface area contributed by atoms with Gasteiger partial charge in [0, 0.05) is 24.5 Å². The highest BCUT2D eigenvalue weighted by Crippen LogP contribution is 2.39. The molecule has 1 aliphatic heterocycles. The standard InChI is InChI=1S/C30H43NO6S/c32-23(10-9-22-5-2-1-3-6-22)11-13-26-25(27(33)21-28(26)34)8-4-7-24-12-14-29(38-24)30(35)37-20-17-31-15-18-36-19-16-31/h1-3,5-6,12,14,23,25-28,32-34H,4,7-11,13,15-21H2/t23-,25-,26+,27-,28+/m0/s1. The molecule has 1 saturated heterocycles. The molecule has 2 aromatic rings. The van der Waals surface area contributed by atoms with Gasteiger partial charge in [-0.1, -0.05) is 30.3 Å². The van der Waals surface area contributed by atoms with Crippen molar-refractivity contribution in [1.82, 2.24) is 4.90 Å². The molecular formula is C30H43NO6S. The number of aryl methyl sites for hydroxylation is 2. The number of esters is 1. The highest BCUT2D eigenvalue weighted by atomic mass is 32.1. The molecule has 2 heterocycles. The van der Waals surface area contributed by atoms with Gasteiger partial charge in [0.25, 0.3) is 0 Å². The van der Waals surface area contributed by atoms with Gasteiger partial charge in [-0.3, -0.25) is 4.90 Å². The second-order valence-corrected chi connectivity index (χ2v) is 11.9. The monoisotopic (exact) mass is 545 g/mol. The van der Waals surface area contributed by atoms with Crippen LogP contribution in [0, 0.1) is 11.8 Å². The number of morpholine rings is 1. The lowest BCUT2D eigenvalue weighted by atomic mass is 9.84. The average molecular weight is 546 g/mol. The summed E-state index contributed by atoms with van der Waals surface area (Å²) in [5.41, 5.74) is 1.22. The summed E-state index contributed by atoms with van der Waals surface area (Å²) in [5.74, 6) is -0.220. The van der Waals surface area contributed by atoms with Gasteiger partial charge in [0.15, 0.2) is 0 Å². The zero-order chi connectivity index (χ0) is 26.7. The third kappa shape index (κ3) is 8.86. The van der Waals surface area contributed by atoms with E-state index in [9.17, 15) is 20.1 Å². The lowest BCUT2D eigenvalue weighted by Gasteiger charge is -2.26. The summed E-state index contributed by atoms with van der Waals surface area (Å²) in [6.07, 6.45) is 4.42. The number of thiophene rings is 1. The van der Waals surface area contributed by atoms with Crippen molar-refractivity contribution in [3.05, 3.63) is 57.8 Å². The Labute approximate surface area is 230 Å². The van der Waals surface area contributed by atoms with Crippen LogP contribution in [0.15, 0.2) is 42.5 Å². The van der Waals surface area contributed by atoms with Gasteiger partial charge in [0.2, 0.25) is 0 Å². The quantitative estimate of drug-likeness (QED) is 0.312. The molecule has 0 amide bonds. The van der Waals surface area contributed by atoms with Gasteiger partial charge in [-0.05, 0) is 80.9 Å². The van der Waals surface area contributed by atoms with Gasteiger partial charge in [0.05, 0.1) is 31.5 Å². The van der Waals surface area contributed by atoms with Crippen molar-refractivity contribution in [3.8, 4) is 0 Å². The SMILES string of the molecule is O=C(OCCN1CCOCC1)c1ccc(CCC[C@H]2[C@@H](CC[C@@H](O)CCc3ccccc3)[C@H](O)C[C@@H]2O)s1. The number of aliphatic hydroxyl groups excluding tert-OH is 3. The molecule has 7 nitrogen and oxygen atoms in total. The largest absolute Gasteiger partial charge is 0.460 e. The lowest BCUT2D eigenvalue weighted by Crippen LogP contribution is -2.38.